The van der Waals surface area contributed by atoms with E-state index >= 15 is 0 Å². The molecule has 4 heteroatoms. The van der Waals surface area contributed by atoms with Gasteiger partial charge < -0.3 is 14.8 Å². The molecule has 2 heterocycles. The number of nitrogens with zero attached hydrogens (tertiary/aromatic N) is 2. The Morgan fingerprint density at radius 3 is 2.51 bits per heavy atom. The first-order chi connectivity index (χ1) is 17.1. The van der Waals surface area contributed by atoms with Crippen LogP contribution in [0.2, 0.25) is 0 Å². The number of amides is 1. The van der Waals surface area contributed by atoms with Crippen molar-refractivity contribution in [2.45, 2.75) is 83.2 Å². The number of fused-ring (bicyclic) bond motifs is 1. The van der Waals surface area contributed by atoms with Crippen LogP contribution in [0.3, 0.4) is 0 Å². The van der Waals surface area contributed by atoms with E-state index in [9.17, 15) is 4.79 Å². The maximum atomic E-state index is 11.7. The fraction of sp³-hybridized carbons (Fsp3) is 0.516. The predicted molar refractivity (Wildman–Crippen MR) is 145 cm³/mol. The minimum atomic E-state index is 0.206. The molecule has 5 rings (SSSR count). The molecule has 1 unspecified atom stereocenters. The van der Waals surface area contributed by atoms with Gasteiger partial charge in [0.2, 0.25) is 5.91 Å². The van der Waals surface area contributed by atoms with Gasteiger partial charge in [-0.2, -0.15) is 0 Å². The van der Waals surface area contributed by atoms with Crippen molar-refractivity contribution in [2.24, 2.45) is 0 Å². The molecule has 1 saturated heterocycles. The number of carbonyl (C=O) groups is 1. The summed E-state index contributed by atoms with van der Waals surface area (Å²) in [5, 5.41) is 5.26. The maximum absolute atomic E-state index is 11.7. The molecule has 1 N–H and O–H groups in total. The van der Waals surface area contributed by atoms with E-state index in [4.69, 9.17) is 0 Å². The predicted octanol–water partition coefficient (Wildman–Crippen LogP) is 6.58. The second kappa shape index (κ2) is 11.0. The lowest BCUT2D eigenvalue weighted by atomic mass is 9.87. The topological polar surface area (TPSA) is 37.3 Å². The molecule has 1 aromatic heterocycles. The number of hydrogen-bond acceptors (Lipinski definition) is 2. The van der Waals surface area contributed by atoms with E-state index in [1.165, 1.54) is 59.7 Å². The zero-order valence-electron chi connectivity index (χ0n) is 21.5. The summed E-state index contributed by atoms with van der Waals surface area (Å²) in [5.41, 5.74) is 5.62. The van der Waals surface area contributed by atoms with Gasteiger partial charge in [0.05, 0.1) is 0 Å². The lowest BCUT2D eigenvalue weighted by molar-refractivity contribution is -0.129. The Kier molecular flexibility index (Phi) is 7.57. The summed E-state index contributed by atoms with van der Waals surface area (Å²) in [6.45, 7) is 6.63. The van der Waals surface area contributed by atoms with Gasteiger partial charge in [0.25, 0.3) is 0 Å². The second-order valence-corrected chi connectivity index (χ2v) is 10.8. The minimum absolute atomic E-state index is 0.206. The van der Waals surface area contributed by atoms with Crippen LogP contribution in [-0.4, -0.2) is 41.1 Å². The zero-order chi connectivity index (χ0) is 24.2. The van der Waals surface area contributed by atoms with Crippen molar-refractivity contribution in [3.05, 3.63) is 71.4 Å². The number of carbonyl (C=O) groups excluding carboxylic acids is 1. The number of piperidine rings is 1. The highest BCUT2D eigenvalue weighted by atomic mass is 16.2. The highest BCUT2D eigenvalue weighted by Gasteiger charge is 2.25. The molecule has 1 aliphatic heterocycles. The number of rotatable bonds is 7. The Morgan fingerprint density at radius 1 is 1.00 bits per heavy atom. The van der Waals surface area contributed by atoms with Crippen LogP contribution in [-0.2, 0) is 4.79 Å². The molecule has 1 amide bonds. The minimum Gasteiger partial charge on any atom is -0.344 e. The summed E-state index contributed by atoms with van der Waals surface area (Å²) in [4.78, 5) is 13.7. The molecule has 35 heavy (non-hydrogen) atoms. The third-order valence-corrected chi connectivity index (χ3v) is 8.37. The van der Waals surface area contributed by atoms with Crippen molar-refractivity contribution in [3.8, 4) is 0 Å². The van der Waals surface area contributed by atoms with Crippen LogP contribution in [0.4, 0.5) is 0 Å². The van der Waals surface area contributed by atoms with Gasteiger partial charge >= 0.3 is 0 Å². The molecule has 1 saturated carbocycles. The van der Waals surface area contributed by atoms with Gasteiger partial charge in [-0.1, -0.05) is 67.3 Å². The molecule has 0 bridgehead atoms. The molecular weight excluding hydrogens is 430 g/mol. The lowest BCUT2D eigenvalue weighted by Crippen LogP contribution is -2.44. The van der Waals surface area contributed by atoms with E-state index in [1.807, 2.05) is 4.90 Å². The van der Waals surface area contributed by atoms with Gasteiger partial charge in [-0.3, -0.25) is 4.79 Å². The summed E-state index contributed by atoms with van der Waals surface area (Å²) < 4.78 is 2.61. The Balaban J connectivity index is 1.39. The highest BCUT2D eigenvalue weighted by molar-refractivity contribution is 5.85. The second-order valence-electron chi connectivity index (χ2n) is 10.8. The molecular formula is C31H41N3O. The smallest absolute Gasteiger partial charge is 0.219 e. The molecule has 0 spiro atoms. The average molecular weight is 472 g/mol. The quantitative estimate of drug-likeness (QED) is 0.423. The van der Waals surface area contributed by atoms with E-state index in [2.05, 4.69) is 71.5 Å². The van der Waals surface area contributed by atoms with E-state index in [0.717, 1.165) is 38.9 Å². The third kappa shape index (κ3) is 5.48. The first-order valence-corrected chi connectivity index (χ1v) is 13.7. The zero-order valence-corrected chi connectivity index (χ0v) is 21.5. The maximum Gasteiger partial charge on any atom is 0.219 e. The van der Waals surface area contributed by atoms with Gasteiger partial charge in [0.1, 0.15) is 0 Å². The number of likely N-dealkylation sites (tertiary alicyclic amines) is 1. The first-order valence-electron chi connectivity index (χ1n) is 13.7. The third-order valence-electron chi connectivity index (χ3n) is 8.37. The molecule has 186 valence electrons. The molecule has 1 atom stereocenters. The molecule has 0 radical (unpaired) electrons. The summed E-state index contributed by atoms with van der Waals surface area (Å²) in [5.74, 6) is 0.576. The van der Waals surface area contributed by atoms with E-state index in [1.54, 1.807) is 6.92 Å². The summed E-state index contributed by atoms with van der Waals surface area (Å²) in [7, 11) is 0. The molecule has 1 aliphatic carbocycles. The molecule has 2 aromatic carbocycles. The van der Waals surface area contributed by atoms with Crippen LogP contribution in [0, 0.1) is 6.92 Å². The molecule has 4 nitrogen and oxygen atoms in total. The Morgan fingerprint density at radius 2 is 1.77 bits per heavy atom. The average Bonchev–Trinajstić information content (AvgIpc) is 3.27. The fourth-order valence-corrected chi connectivity index (χ4v) is 6.39. The van der Waals surface area contributed by atoms with Crippen LogP contribution >= 0.6 is 0 Å². The van der Waals surface area contributed by atoms with Gasteiger partial charge in [-0.05, 0) is 62.8 Å². The van der Waals surface area contributed by atoms with E-state index < -0.39 is 0 Å². The summed E-state index contributed by atoms with van der Waals surface area (Å²) in [6.07, 6.45) is 12.4. The Hall–Kier alpha value is -2.59. The van der Waals surface area contributed by atoms with Crippen molar-refractivity contribution in [3.63, 3.8) is 0 Å². The van der Waals surface area contributed by atoms with Crippen LogP contribution in [0.1, 0.15) is 86.9 Å². The summed E-state index contributed by atoms with van der Waals surface area (Å²) >= 11 is 0. The molecule has 2 aliphatic rings. The van der Waals surface area contributed by atoms with Crippen LogP contribution < -0.4 is 5.32 Å². The van der Waals surface area contributed by atoms with Gasteiger partial charge in [-0.15, -0.1) is 0 Å². The van der Waals surface area contributed by atoms with Gasteiger partial charge in [0, 0.05) is 55.1 Å². The number of aryl methyl sites for hydroxylation is 1. The fourth-order valence-electron chi connectivity index (χ4n) is 6.39. The van der Waals surface area contributed by atoms with Crippen molar-refractivity contribution in [2.75, 3.05) is 19.6 Å². The Bertz CT molecular complexity index is 1140. The monoisotopic (exact) mass is 471 g/mol. The number of para-hydroxylation sites is 1. The van der Waals surface area contributed by atoms with E-state index in [-0.39, 0.29) is 5.91 Å². The molecule has 2 fully saturated rings. The van der Waals surface area contributed by atoms with E-state index in [0.29, 0.717) is 18.0 Å². The molecule has 3 aromatic rings. The van der Waals surface area contributed by atoms with Crippen LogP contribution in [0.25, 0.3) is 10.9 Å². The lowest BCUT2D eigenvalue weighted by Gasteiger charge is -2.32. The van der Waals surface area contributed by atoms with Crippen LogP contribution in [0.5, 0.6) is 0 Å². The van der Waals surface area contributed by atoms with Gasteiger partial charge in [0.15, 0.2) is 0 Å². The number of hydrogen-bond donors (Lipinski definition) is 1. The van der Waals surface area contributed by atoms with Crippen molar-refractivity contribution < 1.29 is 4.79 Å². The van der Waals surface area contributed by atoms with Gasteiger partial charge in [-0.25, -0.2) is 0 Å². The number of benzene rings is 2. The SMILES string of the molecule is CC(=O)N1CCC(NCCC(c2cccc(C)c2)c2cn(C3CCCCC3)c3ccccc23)CC1. The Labute approximate surface area is 210 Å². The largest absolute Gasteiger partial charge is 0.344 e. The summed E-state index contributed by atoms with van der Waals surface area (Å²) in [6, 6.07) is 19.3. The van der Waals surface area contributed by atoms with Crippen LogP contribution in [0.15, 0.2) is 54.7 Å². The normalized spacial score (nSPS) is 18.7. The first kappa shape index (κ1) is 24.1. The number of aromatic nitrogens is 1. The van der Waals surface area contributed by atoms with Crippen molar-refractivity contribution in [1.29, 1.82) is 0 Å². The van der Waals surface area contributed by atoms with Crippen molar-refractivity contribution >= 4 is 16.8 Å². The number of nitrogens with one attached hydrogen (secondary N) is 1. The highest BCUT2D eigenvalue weighted by Crippen LogP contribution is 2.39. The standard InChI is InChI=1S/C31H41N3O/c1-23-9-8-10-25(21-23)28(15-18-32-26-16-19-33(20-17-26)24(2)35)30-22-34(27-11-4-3-5-12-27)31-14-7-6-13-29(30)31/h6-10,13-14,21-22,26-28,32H,3-5,11-12,15-20H2,1-2H3. The van der Waals surface area contributed by atoms with Crippen molar-refractivity contribution in [1.82, 2.24) is 14.8 Å².